The van der Waals surface area contributed by atoms with E-state index in [2.05, 4.69) is 10.3 Å². The van der Waals surface area contributed by atoms with Crippen LogP contribution in [0.4, 0.5) is 5.13 Å². The molecule has 0 aliphatic heterocycles. The number of nitrogens with one attached hydrogen (secondary N) is 2. The van der Waals surface area contributed by atoms with Gasteiger partial charge in [0, 0.05) is 0 Å². The highest BCUT2D eigenvalue weighted by atomic mass is 32.1. The lowest BCUT2D eigenvalue weighted by Crippen LogP contribution is -2.17. The summed E-state index contributed by atoms with van der Waals surface area (Å²) in [5.74, 6) is -0.863. The van der Waals surface area contributed by atoms with Gasteiger partial charge < -0.3 is 5.32 Å². The van der Waals surface area contributed by atoms with Gasteiger partial charge in [0.1, 0.15) is 4.88 Å². The van der Waals surface area contributed by atoms with Crippen LogP contribution in [0.2, 0.25) is 0 Å². The van der Waals surface area contributed by atoms with E-state index in [1.165, 1.54) is 11.7 Å². The first-order chi connectivity index (χ1) is 9.19. The standard InChI is InChI=1S/C12H11N3O3S/c16-10(6-8-4-2-1-3-5-8)14-12-13-7-9(19-12)11(17)15-18/h1-5,7,18H,6H2,(H,15,17)(H,13,14,16). The number of hydroxylamine groups is 1. The monoisotopic (exact) mass is 277 g/mol. The summed E-state index contributed by atoms with van der Waals surface area (Å²) in [6.07, 6.45) is 1.52. The molecule has 0 atom stereocenters. The number of carbonyl (C=O) groups excluding carboxylic acids is 2. The van der Waals surface area contributed by atoms with E-state index in [1.807, 2.05) is 30.3 Å². The van der Waals surface area contributed by atoms with E-state index in [4.69, 9.17) is 5.21 Å². The lowest BCUT2D eigenvalue weighted by molar-refractivity contribution is -0.115. The van der Waals surface area contributed by atoms with Crippen molar-refractivity contribution in [3.8, 4) is 0 Å². The number of thiazole rings is 1. The van der Waals surface area contributed by atoms with E-state index in [0.29, 0.717) is 5.13 Å². The van der Waals surface area contributed by atoms with E-state index < -0.39 is 5.91 Å². The van der Waals surface area contributed by atoms with Crippen LogP contribution in [0.3, 0.4) is 0 Å². The molecule has 1 heterocycles. The molecule has 3 N–H and O–H groups in total. The maximum absolute atomic E-state index is 11.7. The quantitative estimate of drug-likeness (QED) is 0.582. The average Bonchev–Trinajstić information content (AvgIpc) is 2.87. The van der Waals surface area contributed by atoms with Crippen LogP contribution in [-0.2, 0) is 11.2 Å². The zero-order valence-electron chi connectivity index (χ0n) is 9.79. The minimum Gasteiger partial charge on any atom is -0.302 e. The Labute approximate surface area is 113 Å². The van der Waals surface area contributed by atoms with Crippen LogP contribution in [0.1, 0.15) is 15.2 Å². The molecule has 2 rings (SSSR count). The summed E-state index contributed by atoms with van der Waals surface area (Å²) >= 11 is 0.989. The van der Waals surface area contributed by atoms with Gasteiger partial charge in [0.05, 0.1) is 12.6 Å². The normalized spacial score (nSPS) is 9.95. The van der Waals surface area contributed by atoms with Gasteiger partial charge in [-0.2, -0.15) is 0 Å². The Hall–Kier alpha value is -2.25. The van der Waals surface area contributed by atoms with Gasteiger partial charge in [-0.25, -0.2) is 10.5 Å². The van der Waals surface area contributed by atoms with Crippen LogP contribution >= 0.6 is 11.3 Å². The lowest BCUT2D eigenvalue weighted by atomic mass is 10.1. The Morgan fingerprint density at radius 3 is 2.68 bits per heavy atom. The molecule has 0 fully saturated rings. The number of anilines is 1. The second kappa shape index (κ2) is 6.07. The molecule has 7 heteroatoms. The lowest BCUT2D eigenvalue weighted by Gasteiger charge is -2.01. The molecular formula is C12H11N3O3S. The molecule has 0 spiro atoms. The van der Waals surface area contributed by atoms with Gasteiger partial charge in [-0.3, -0.25) is 14.8 Å². The van der Waals surface area contributed by atoms with Crippen molar-refractivity contribution in [1.29, 1.82) is 0 Å². The third-order valence-corrected chi connectivity index (χ3v) is 3.20. The zero-order valence-corrected chi connectivity index (χ0v) is 10.6. The van der Waals surface area contributed by atoms with E-state index in [-0.39, 0.29) is 17.2 Å². The van der Waals surface area contributed by atoms with Gasteiger partial charge in [0.25, 0.3) is 5.91 Å². The Morgan fingerprint density at radius 1 is 1.26 bits per heavy atom. The number of rotatable bonds is 4. The van der Waals surface area contributed by atoms with Crippen LogP contribution in [0.5, 0.6) is 0 Å². The topological polar surface area (TPSA) is 91.3 Å². The molecule has 0 radical (unpaired) electrons. The van der Waals surface area contributed by atoms with E-state index >= 15 is 0 Å². The van der Waals surface area contributed by atoms with E-state index in [0.717, 1.165) is 16.9 Å². The molecule has 0 aliphatic rings. The molecule has 98 valence electrons. The van der Waals surface area contributed by atoms with Crippen LogP contribution < -0.4 is 10.8 Å². The summed E-state index contributed by atoms with van der Waals surface area (Å²) in [5.41, 5.74) is 2.40. The molecule has 1 aromatic heterocycles. The number of carbonyl (C=O) groups is 2. The van der Waals surface area contributed by atoms with Crippen molar-refractivity contribution >= 4 is 28.3 Å². The Kier molecular flexibility index (Phi) is 4.22. The van der Waals surface area contributed by atoms with Gasteiger partial charge in [0.2, 0.25) is 5.91 Å². The first-order valence-electron chi connectivity index (χ1n) is 5.43. The third-order valence-electron chi connectivity index (χ3n) is 2.28. The second-order valence-electron chi connectivity index (χ2n) is 3.68. The van der Waals surface area contributed by atoms with E-state index in [9.17, 15) is 9.59 Å². The smallest absolute Gasteiger partial charge is 0.286 e. The van der Waals surface area contributed by atoms with Crippen molar-refractivity contribution in [2.24, 2.45) is 0 Å². The third kappa shape index (κ3) is 3.60. The highest BCUT2D eigenvalue weighted by Crippen LogP contribution is 2.18. The van der Waals surface area contributed by atoms with Gasteiger partial charge >= 0.3 is 0 Å². The molecule has 0 bridgehead atoms. The van der Waals surface area contributed by atoms with Crippen LogP contribution in [-0.4, -0.2) is 22.0 Å². The summed E-state index contributed by atoms with van der Waals surface area (Å²) < 4.78 is 0. The molecule has 6 nitrogen and oxygen atoms in total. The molecule has 1 aromatic carbocycles. The average molecular weight is 277 g/mol. The highest BCUT2D eigenvalue weighted by molar-refractivity contribution is 7.17. The molecule has 0 saturated heterocycles. The van der Waals surface area contributed by atoms with Gasteiger partial charge in [0.15, 0.2) is 5.13 Å². The van der Waals surface area contributed by atoms with Crippen LogP contribution in [0.25, 0.3) is 0 Å². The second-order valence-corrected chi connectivity index (χ2v) is 4.71. The first kappa shape index (κ1) is 13.2. The van der Waals surface area contributed by atoms with Gasteiger partial charge in [-0.05, 0) is 5.56 Å². The van der Waals surface area contributed by atoms with Gasteiger partial charge in [-0.1, -0.05) is 41.7 Å². The molecule has 0 unspecified atom stereocenters. The minimum atomic E-state index is -0.652. The Bertz CT molecular complexity index is 583. The Morgan fingerprint density at radius 2 is 2.00 bits per heavy atom. The number of hydrogen-bond acceptors (Lipinski definition) is 5. The van der Waals surface area contributed by atoms with Crippen molar-refractivity contribution < 1.29 is 14.8 Å². The Balaban J connectivity index is 1.96. The molecule has 0 aliphatic carbocycles. The predicted molar refractivity (Wildman–Crippen MR) is 70.1 cm³/mol. The fourth-order valence-corrected chi connectivity index (χ4v) is 2.16. The minimum absolute atomic E-state index is 0.212. The molecule has 19 heavy (non-hydrogen) atoms. The summed E-state index contributed by atoms with van der Waals surface area (Å²) in [6, 6.07) is 9.30. The highest BCUT2D eigenvalue weighted by Gasteiger charge is 2.11. The number of aromatic nitrogens is 1. The van der Waals surface area contributed by atoms with Gasteiger partial charge in [-0.15, -0.1) is 0 Å². The fourth-order valence-electron chi connectivity index (χ4n) is 1.44. The SMILES string of the molecule is O=C(Cc1ccccc1)Nc1ncc(C(=O)NO)s1. The largest absolute Gasteiger partial charge is 0.302 e. The predicted octanol–water partition coefficient (Wildman–Crippen LogP) is 1.44. The van der Waals surface area contributed by atoms with Crippen molar-refractivity contribution in [3.63, 3.8) is 0 Å². The molecule has 0 saturated carbocycles. The number of nitrogens with zero attached hydrogens (tertiary/aromatic N) is 1. The van der Waals surface area contributed by atoms with Crippen molar-refractivity contribution in [2.45, 2.75) is 6.42 Å². The van der Waals surface area contributed by atoms with Crippen molar-refractivity contribution in [1.82, 2.24) is 10.5 Å². The van der Waals surface area contributed by atoms with Crippen molar-refractivity contribution in [3.05, 3.63) is 47.0 Å². The van der Waals surface area contributed by atoms with Crippen molar-refractivity contribution in [2.75, 3.05) is 5.32 Å². The zero-order chi connectivity index (χ0) is 13.7. The maximum atomic E-state index is 11.7. The molecule has 2 amide bonds. The van der Waals surface area contributed by atoms with Crippen LogP contribution in [0, 0.1) is 0 Å². The summed E-state index contributed by atoms with van der Waals surface area (Å²) in [5, 5.41) is 11.4. The van der Waals surface area contributed by atoms with Crippen LogP contribution in [0.15, 0.2) is 36.5 Å². The summed E-state index contributed by atoms with van der Waals surface area (Å²) in [4.78, 5) is 26.9. The summed E-state index contributed by atoms with van der Waals surface area (Å²) in [7, 11) is 0. The number of amides is 2. The molecule has 2 aromatic rings. The van der Waals surface area contributed by atoms with E-state index in [1.54, 1.807) is 0 Å². The number of hydrogen-bond donors (Lipinski definition) is 3. The fraction of sp³-hybridized carbons (Fsp3) is 0.0833. The molecular weight excluding hydrogens is 266 g/mol. The summed E-state index contributed by atoms with van der Waals surface area (Å²) in [6.45, 7) is 0. The number of benzene rings is 1. The maximum Gasteiger partial charge on any atom is 0.286 e. The first-order valence-corrected chi connectivity index (χ1v) is 6.24.